The summed E-state index contributed by atoms with van der Waals surface area (Å²) in [6.07, 6.45) is 6.30. The molecule has 0 spiro atoms. The zero-order valence-corrected chi connectivity index (χ0v) is 11.2. The number of hydrogen-bond acceptors (Lipinski definition) is 2. The summed E-state index contributed by atoms with van der Waals surface area (Å²) in [6, 6.07) is 7.00. The molecule has 1 aliphatic rings. The van der Waals surface area contributed by atoms with E-state index < -0.39 is 0 Å². The van der Waals surface area contributed by atoms with Gasteiger partial charge in [-0.05, 0) is 66.5 Å². The number of rotatable bonds is 4. The molecule has 1 aromatic rings. The maximum atomic E-state index is 8.52. The van der Waals surface area contributed by atoms with Gasteiger partial charge in [-0.2, -0.15) is 5.26 Å². The lowest BCUT2D eigenvalue weighted by molar-refractivity contribution is 0.678. The van der Waals surface area contributed by atoms with Gasteiger partial charge in [0.05, 0.1) is 0 Å². The average Bonchev–Trinajstić information content (AvgIpc) is 2.38. The van der Waals surface area contributed by atoms with Crippen molar-refractivity contribution in [1.29, 1.82) is 5.26 Å². The van der Waals surface area contributed by atoms with Crippen LogP contribution in [0.25, 0.3) is 0 Å². The molecule has 0 N–H and O–H groups in total. The molecular formula is C15H19NS. The van der Waals surface area contributed by atoms with Crippen molar-refractivity contribution in [1.82, 2.24) is 0 Å². The lowest BCUT2D eigenvalue weighted by Gasteiger charge is -2.19. The third-order valence-corrected chi connectivity index (χ3v) is 4.23. The topological polar surface area (TPSA) is 23.8 Å². The zero-order chi connectivity index (χ0) is 12.1. The summed E-state index contributed by atoms with van der Waals surface area (Å²) in [4.78, 5) is 0. The highest BCUT2D eigenvalue weighted by Gasteiger charge is 2.12. The molecule has 0 saturated carbocycles. The first-order chi connectivity index (χ1) is 8.31. The quantitative estimate of drug-likeness (QED) is 0.584. The number of aryl methyl sites for hydroxylation is 2. The van der Waals surface area contributed by atoms with E-state index in [9.17, 15) is 0 Å². The highest BCUT2D eigenvalue weighted by molar-refractivity contribution is 8.03. The van der Waals surface area contributed by atoms with Gasteiger partial charge < -0.3 is 0 Å². The van der Waals surface area contributed by atoms with Gasteiger partial charge in [0, 0.05) is 5.75 Å². The van der Waals surface area contributed by atoms with Crippen LogP contribution in [0, 0.1) is 10.7 Å². The van der Waals surface area contributed by atoms with Crippen molar-refractivity contribution in [3.63, 3.8) is 0 Å². The van der Waals surface area contributed by atoms with Gasteiger partial charge in [-0.15, -0.1) is 0 Å². The summed E-state index contributed by atoms with van der Waals surface area (Å²) >= 11 is 1.37. The van der Waals surface area contributed by atoms with E-state index in [0.717, 1.165) is 12.2 Å². The lowest BCUT2D eigenvalue weighted by atomic mass is 9.87. The molecule has 1 atom stereocenters. The molecule has 2 heteroatoms. The Balaban J connectivity index is 2.03. The van der Waals surface area contributed by atoms with E-state index in [0.29, 0.717) is 5.92 Å². The van der Waals surface area contributed by atoms with E-state index in [1.807, 2.05) is 0 Å². The van der Waals surface area contributed by atoms with Crippen molar-refractivity contribution in [2.75, 3.05) is 5.75 Å². The molecule has 0 amide bonds. The molecule has 0 radical (unpaired) electrons. The maximum Gasteiger partial charge on any atom is 0.133 e. The molecule has 0 aliphatic heterocycles. The summed E-state index contributed by atoms with van der Waals surface area (Å²) in [5.74, 6) is 1.51. The smallest absolute Gasteiger partial charge is 0.133 e. The predicted molar refractivity (Wildman–Crippen MR) is 74.2 cm³/mol. The van der Waals surface area contributed by atoms with Crippen LogP contribution >= 0.6 is 11.8 Å². The number of nitrogens with zero attached hydrogens (tertiary/aromatic N) is 1. The molecule has 90 valence electrons. The van der Waals surface area contributed by atoms with Gasteiger partial charge in [-0.1, -0.05) is 25.1 Å². The minimum absolute atomic E-state index is 0.572. The highest BCUT2D eigenvalue weighted by atomic mass is 32.2. The fourth-order valence-electron chi connectivity index (χ4n) is 2.51. The van der Waals surface area contributed by atoms with Crippen LogP contribution in [0.4, 0.5) is 0 Å². The van der Waals surface area contributed by atoms with E-state index in [1.54, 1.807) is 11.1 Å². The van der Waals surface area contributed by atoms with Gasteiger partial charge in [0.1, 0.15) is 5.40 Å². The van der Waals surface area contributed by atoms with Gasteiger partial charge in [-0.25, -0.2) is 0 Å². The highest BCUT2D eigenvalue weighted by Crippen LogP contribution is 2.27. The minimum Gasteiger partial charge on any atom is -0.185 e. The molecule has 0 fully saturated rings. The maximum absolute atomic E-state index is 8.52. The molecule has 17 heavy (non-hydrogen) atoms. The van der Waals surface area contributed by atoms with Crippen LogP contribution in [0.5, 0.6) is 0 Å². The van der Waals surface area contributed by atoms with Gasteiger partial charge in [0.2, 0.25) is 0 Å². The van der Waals surface area contributed by atoms with Crippen LogP contribution < -0.4 is 0 Å². The monoisotopic (exact) mass is 245 g/mol. The predicted octanol–water partition coefficient (Wildman–Crippen LogP) is 4.27. The largest absolute Gasteiger partial charge is 0.185 e. The van der Waals surface area contributed by atoms with E-state index in [-0.39, 0.29) is 0 Å². The van der Waals surface area contributed by atoms with Crippen molar-refractivity contribution >= 4 is 11.8 Å². The van der Waals surface area contributed by atoms with Gasteiger partial charge >= 0.3 is 0 Å². The Hall–Kier alpha value is -0.940. The molecule has 0 heterocycles. The number of thioether (sulfide) groups is 1. The Morgan fingerprint density at radius 3 is 2.82 bits per heavy atom. The molecule has 1 aliphatic carbocycles. The Labute approximate surface area is 108 Å². The van der Waals surface area contributed by atoms with E-state index in [2.05, 4.69) is 30.5 Å². The van der Waals surface area contributed by atoms with Crippen LogP contribution in [0.15, 0.2) is 18.2 Å². The Morgan fingerprint density at radius 1 is 1.29 bits per heavy atom. The van der Waals surface area contributed by atoms with Crippen molar-refractivity contribution in [2.45, 2.75) is 44.9 Å². The normalized spacial score (nSPS) is 16.0. The fourth-order valence-corrected chi connectivity index (χ4v) is 3.07. The van der Waals surface area contributed by atoms with E-state index in [1.165, 1.54) is 43.0 Å². The zero-order valence-electron chi connectivity index (χ0n) is 10.4. The third kappa shape index (κ3) is 3.26. The van der Waals surface area contributed by atoms with Crippen LogP contribution in [0.2, 0.25) is 0 Å². The van der Waals surface area contributed by atoms with Crippen LogP contribution in [-0.2, 0) is 12.8 Å². The number of benzene rings is 1. The van der Waals surface area contributed by atoms with E-state index in [4.69, 9.17) is 5.26 Å². The summed E-state index contributed by atoms with van der Waals surface area (Å²) in [6.45, 7) is 2.27. The summed E-state index contributed by atoms with van der Waals surface area (Å²) in [7, 11) is 0. The summed E-state index contributed by atoms with van der Waals surface area (Å²) in [5, 5.41) is 10.7. The second-order valence-corrected chi connectivity index (χ2v) is 5.74. The first-order valence-corrected chi connectivity index (χ1v) is 7.42. The fraction of sp³-hybridized carbons (Fsp3) is 0.533. The molecular weight excluding hydrogens is 226 g/mol. The van der Waals surface area contributed by atoms with Crippen molar-refractivity contribution < 1.29 is 0 Å². The lowest BCUT2D eigenvalue weighted by Crippen LogP contribution is -2.04. The van der Waals surface area contributed by atoms with Crippen LogP contribution in [0.3, 0.4) is 0 Å². The number of nitriles is 1. The van der Waals surface area contributed by atoms with Gasteiger partial charge in [0.15, 0.2) is 0 Å². The first-order valence-electron chi connectivity index (χ1n) is 6.44. The molecule has 0 aromatic heterocycles. The molecule has 1 nitrogen and oxygen atoms in total. The SMILES string of the molecule is CC(CCSC#N)c1ccc2c(c1)CCCC2. The van der Waals surface area contributed by atoms with Gasteiger partial charge in [0.25, 0.3) is 0 Å². The Morgan fingerprint density at radius 2 is 2.06 bits per heavy atom. The number of hydrogen-bond donors (Lipinski definition) is 0. The van der Waals surface area contributed by atoms with E-state index >= 15 is 0 Å². The van der Waals surface area contributed by atoms with Gasteiger partial charge in [-0.3, -0.25) is 0 Å². The number of thiocyanates is 1. The molecule has 1 unspecified atom stereocenters. The van der Waals surface area contributed by atoms with Crippen LogP contribution in [0.1, 0.15) is 48.8 Å². The standard InChI is InChI=1S/C15H19NS/c1-12(8-9-17-11-16)14-7-6-13-4-2-3-5-15(13)10-14/h6-7,10,12H,2-5,8-9H2,1H3. The van der Waals surface area contributed by atoms with Crippen molar-refractivity contribution in [2.24, 2.45) is 0 Å². The Kier molecular flexibility index (Phi) is 4.50. The summed E-state index contributed by atoms with van der Waals surface area (Å²) in [5.41, 5.74) is 4.57. The summed E-state index contributed by atoms with van der Waals surface area (Å²) < 4.78 is 0. The van der Waals surface area contributed by atoms with Crippen molar-refractivity contribution in [3.05, 3.63) is 34.9 Å². The minimum atomic E-state index is 0.572. The second-order valence-electron chi connectivity index (χ2n) is 4.86. The average molecular weight is 245 g/mol. The van der Waals surface area contributed by atoms with Crippen LogP contribution in [-0.4, -0.2) is 5.75 Å². The molecule has 1 aromatic carbocycles. The third-order valence-electron chi connectivity index (χ3n) is 3.66. The molecule has 2 rings (SSSR count). The number of fused-ring (bicyclic) bond motifs is 1. The Bertz CT molecular complexity index is 419. The van der Waals surface area contributed by atoms with Crippen molar-refractivity contribution in [3.8, 4) is 5.40 Å². The second kappa shape index (κ2) is 6.12. The molecule has 0 saturated heterocycles. The first kappa shape index (κ1) is 12.5. The molecule has 0 bridgehead atoms.